The normalized spacial score (nSPS) is 28.7. The summed E-state index contributed by atoms with van der Waals surface area (Å²) in [6.45, 7) is 0.542. The Morgan fingerprint density at radius 2 is 1.68 bits per heavy atom. The van der Waals surface area contributed by atoms with E-state index in [-0.39, 0.29) is 18.9 Å². The van der Waals surface area contributed by atoms with Crippen LogP contribution in [0.2, 0.25) is 0 Å². The molecule has 202 valence electrons. The molecule has 0 radical (unpaired) electrons. The van der Waals surface area contributed by atoms with Crippen molar-refractivity contribution in [2.24, 2.45) is 10.1 Å². The molecule has 1 unspecified atom stereocenters. The largest absolute Gasteiger partial charge is 0.374 e. The van der Waals surface area contributed by atoms with E-state index < -0.39 is 30.3 Å². The maximum Gasteiger partial charge on any atom is 0.246 e. The second-order valence-electron chi connectivity index (χ2n) is 9.16. The predicted octanol–water partition coefficient (Wildman–Crippen LogP) is 4.04. The van der Waals surface area contributed by atoms with E-state index in [0.717, 1.165) is 16.2 Å². The third kappa shape index (κ3) is 5.36. The Morgan fingerprint density at radius 3 is 2.32 bits per heavy atom. The maximum absolute atomic E-state index is 16.3. The van der Waals surface area contributed by atoms with E-state index in [1.54, 1.807) is 11.2 Å². The Labute approximate surface area is 230 Å². The first-order valence-corrected chi connectivity index (χ1v) is 14.7. The number of aliphatic hydroxyl groups is 1. The smallest absolute Gasteiger partial charge is 0.246 e. The van der Waals surface area contributed by atoms with Gasteiger partial charge in [0.25, 0.3) is 0 Å². The molecule has 0 spiro atoms. The second kappa shape index (κ2) is 11.8. The number of rotatable bonds is 8. The van der Waals surface area contributed by atoms with E-state index >= 15 is 4.39 Å². The molecule has 1 fully saturated rings. The number of amidine groups is 1. The number of hydrogen-bond donors (Lipinski definition) is 1. The van der Waals surface area contributed by atoms with Gasteiger partial charge in [-0.05, 0) is 23.6 Å². The minimum atomic E-state index is -2.29. The Kier molecular flexibility index (Phi) is 8.41. The highest BCUT2D eigenvalue weighted by Gasteiger charge is 2.62. The van der Waals surface area contributed by atoms with E-state index in [1.807, 2.05) is 85.1 Å². The summed E-state index contributed by atoms with van der Waals surface area (Å²) >= 11 is 2.86. The fourth-order valence-corrected chi connectivity index (χ4v) is 5.78. The van der Waals surface area contributed by atoms with Gasteiger partial charge in [0.1, 0.15) is 22.9 Å². The van der Waals surface area contributed by atoms with Gasteiger partial charge < -0.3 is 24.2 Å². The Hall–Kier alpha value is -2.41. The van der Waals surface area contributed by atoms with Gasteiger partial charge in [0.15, 0.2) is 12.3 Å². The monoisotopic (exact) mass is 558 g/mol. The summed E-state index contributed by atoms with van der Waals surface area (Å²) in [5.74, 6) is -2.29. The summed E-state index contributed by atoms with van der Waals surface area (Å²) in [6.07, 6.45) is 1.26. The number of thioether (sulfide) groups is 2. The summed E-state index contributed by atoms with van der Waals surface area (Å²) in [5.41, 5.74) is 2.08. The molecule has 8 nitrogen and oxygen atoms in total. The number of nitrogens with zero attached hydrogens (tertiary/aromatic N) is 4. The standard InChI is InChI=1S/C27H31FN4O4S2/c1-31-14-21(32-25(31)24(37-2)29-26(30-32)38-3)27(33)23(28)22(35-16-19-12-8-5-9-13-19)20(36-27)17-34-15-18-10-6-4-7-11-18/h4-14,20,22-23,25,33H,15-17H2,1-3H3/t20-,22-,23-,25?,27+/m1/s1. The number of hydrogen-bond acceptors (Lipinski definition) is 10. The maximum atomic E-state index is 16.3. The highest BCUT2D eigenvalue weighted by molar-refractivity contribution is 8.15. The molecule has 3 aliphatic rings. The summed E-state index contributed by atoms with van der Waals surface area (Å²) in [6, 6.07) is 19.2. The van der Waals surface area contributed by atoms with Gasteiger partial charge in [0.05, 0.1) is 19.8 Å². The van der Waals surface area contributed by atoms with Gasteiger partial charge in [0.2, 0.25) is 11.0 Å². The molecule has 0 aliphatic carbocycles. The highest BCUT2D eigenvalue weighted by atomic mass is 32.2. The summed E-state index contributed by atoms with van der Waals surface area (Å²) in [7, 11) is 1.84. The third-order valence-electron chi connectivity index (χ3n) is 6.61. The fraction of sp³-hybridized carbons (Fsp3) is 0.407. The van der Waals surface area contributed by atoms with Crippen LogP contribution in [-0.4, -0.2) is 81.7 Å². The Balaban J connectivity index is 1.39. The van der Waals surface area contributed by atoms with Gasteiger partial charge in [0, 0.05) is 13.2 Å². The number of fused-ring (bicyclic) bond motifs is 1. The van der Waals surface area contributed by atoms with Crippen LogP contribution in [0.15, 0.2) is 82.7 Å². The zero-order chi connectivity index (χ0) is 26.7. The van der Waals surface area contributed by atoms with E-state index in [4.69, 9.17) is 14.2 Å². The van der Waals surface area contributed by atoms with E-state index in [9.17, 15) is 5.11 Å². The van der Waals surface area contributed by atoms with Crippen LogP contribution in [-0.2, 0) is 27.4 Å². The van der Waals surface area contributed by atoms with Crippen molar-refractivity contribution < 1.29 is 23.7 Å². The van der Waals surface area contributed by atoms with Crippen molar-refractivity contribution in [2.45, 2.75) is 43.5 Å². The molecule has 0 amide bonds. The van der Waals surface area contributed by atoms with E-state index in [2.05, 4.69) is 10.1 Å². The minimum Gasteiger partial charge on any atom is -0.374 e. The van der Waals surface area contributed by atoms with E-state index in [0.29, 0.717) is 11.8 Å². The molecular weight excluding hydrogens is 527 g/mol. The van der Waals surface area contributed by atoms with Gasteiger partial charge in [-0.3, -0.25) is 0 Å². The average molecular weight is 559 g/mol. The van der Waals surface area contributed by atoms with Crippen LogP contribution in [0.5, 0.6) is 0 Å². The first-order valence-electron chi connectivity index (χ1n) is 12.2. The van der Waals surface area contributed by atoms with Gasteiger partial charge in [-0.25, -0.2) is 14.4 Å². The quantitative estimate of drug-likeness (QED) is 0.520. The molecule has 3 aliphatic heterocycles. The molecule has 0 bridgehead atoms. The molecule has 0 saturated carbocycles. The first-order chi connectivity index (χ1) is 18.4. The fourth-order valence-electron chi connectivity index (χ4n) is 4.71. The highest BCUT2D eigenvalue weighted by Crippen LogP contribution is 2.44. The topological polar surface area (TPSA) is 79.1 Å². The minimum absolute atomic E-state index is 0.0421. The number of aliphatic imine (C=N–C) groups is 1. The van der Waals surface area contributed by atoms with Gasteiger partial charge >= 0.3 is 0 Å². The van der Waals surface area contributed by atoms with Crippen LogP contribution in [0, 0.1) is 0 Å². The first kappa shape index (κ1) is 27.2. The number of benzene rings is 2. The molecule has 1 N–H and O–H groups in total. The van der Waals surface area contributed by atoms with Crippen molar-refractivity contribution >= 4 is 33.7 Å². The molecule has 5 atom stereocenters. The van der Waals surface area contributed by atoms with Gasteiger partial charge in [-0.1, -0.05) is 72.4 Å². The van der Waals surface area contributed by atoms with Gasteiger partial charge in [-0.2, -0.15) is 0 Å². The molecule has 3 heterocycles. The third-order valence-corrected chi connectivity index (χ3v) is 7.87. The zero-order valence-electron chi connectivity index (χ0n) is 21.4. The molecule has 2 aromatic rings. The van der Waals surface area contributed by atoms with Crippen molar-refractivity contribution in [1.29, 1.82) is 0 Å². The lowest BCUT2D eigenvalue weighted by Gasteiger charge is -2.35. The number of ether oxygens (including phenoxy) is 3. The lowest BCUT2D eigenvalue weighted by atomic mass is 10.0. The zero-order valence-corrected chi connectivity index (χ0v) is 23.1. The summed E-state index contributed by atoms with van der Waals surface area (Å²) < 4.78 is 34.4. The van der Waals surface area contributed by atoms with Crippen LogP contribution in [0.25, 0.3) is 0 Å². The van der Waals surface area contributed by atoms with Crippen molar-refractivity contribution in [1.82, 2.24) is 9.91 Å². The Bertz CT molecular complexity index is 1200. The van der Waals surface area contributed by atoms with Crippen LogP contribution in [0.3, 0.4) is 0 Å². The number of alkyl halides is 1. The predicted molar refractivity (Wildman–Crippen MR) is 149 cm³/mol. The number of halogens is 1. The molecule has 1 saturated heterocycles. The average Bonchev–Trinajstić information content (AvgIpc) is 3.41. The lowest BCUT2D eigenvalue weighted by molar-refractivity contribution is -0.205. The molecule has 5 rings (SSSR count). The van der Waals surface area contributed by atoms with Gasteiger partial charge in [-0.15, -0.1) is 16.9 Å². The van der Waals surface area contributed by atoms with E-state index in [1.165, 1.54) is 23.5 Å². The lowest BCUT2D eigenvalue weighted by Crippen LogP contribution is -2.50. The molecule has 11 heteroatoms. The molecule has 0 aromatic heterocycles. The molecular formula is C27H31FN4O4S2. The van der Waals surface area contributed by atoms with Crippen molar-refractivity contribution in [3.8, 4) is 0 Å². The number of hydrazone groups is 1. The summed E-state index contributed by atoms with van der Waals surface area (Å²) in [4.78, 5) is 6.44. The van der Waals surface area contributed by atoms with Crippen molar-refractivity contribution in [2.75, 3.05) is 26.2 Å². The van der Waals surface area contributed by atoms with Crippen molar-refractivity contribution in [3.05, 3.63) is 83.7 Å². The van der Waals surface area contributed by atoms with Crippen LogP contribution in [0.1, 0.15) is 11.1 Å². The van der Waals surface area contributed by atoms with Crippen molar-refractivity contribution in [3.63, 3.8) is 0 Å². The second-order valence-corrected chi connectivity index (χ2v) is 10.8. The van der Waals surface area contributed by atoms with Crippen LogP contribution < -0.4 is 0 Å². The van der Waals surface area contributed by atoms with Crippen LogP contribution in [0.4, 0.5) is 4.39 Å². The van der Waals surface area contributed by atoms with Crippen LogP contribution >= 0.6 is 23.5 Å². The molecule has 38 heavy (non-hydrogen) atoms. The SMILES string of the molecule is CSC1=NN2C([C@]3(O)O[C@H](COCc4ccccc4)[C@@H](OCc4ccccc4)[C@H]3F)=CN(C)C2C(SC)=N1. The molecule has 2 aromatic carbocycles. The Morgan fingerprint density at radius 1 is 1.03 bits per heavy atom. The summed E-state index contributed by atoms with van der Waals surface area (Å²) in [5, 5.41) is 19.3.